The van der Waals surface area contributed by atoms with Gasteiger partial charge >= 0.3 is 7.82 Å². The van der Waals surface area contributed by atoms with Crippen molar-refractivity contribution in [3.05, 3.63) is 60.7 Å². The number of hydrogen-bond acceptors (Lipinski definition) is 4. The molecular formula is C22H31O4P. The zero-order chi connectivity index (χ0) is 19.4. The Morgan fingerprint density at radius 2 is 1.33 bits per heavy atom. The van der Waals surface area contributed by atoms with Gasteiger partial charge in [0.05, 0.1) is 6.61 Å². The summed E-state index contributed by atoms with van der Waals surface area (Å²) in [5.74, 6) is 1.29. The van der Waals surface area contributed by atoms with Gasteiger partial charge in [0.25, 0.3) is 0 Å². The van der Waals surface area contributed by atoms with E-state index in [1.807, 2.05) is 36.4 Å². The van der Waals surface area contributed by atoms with Crippen molar-refractivity contribution in [1.29, 1.82) is 0 Å². The van der Waals surface area contributed by atoms with Gasteiger partial charge in [-0.1, -0.05) is 75.9 Å². The van der Waals surface area contributed by atoms with Crippen molar-refractivity contribution in [2.45, 2.75) is 52.4 Å². The molecular weight excluding hydrogens is 359 g/mol. The largest absolute Gasteiger partial charge is 0.587 e. The number of phosphoric ester groups is 1. The molecule has 0 aliphatic heterocycles. The van der Waals surface area contributed by atoms with E-state index in [0.717, 1.165) is 25.7 Å². The van der Waals surface area contributed by atoms with Crippen LogP contribution in [0.5, 0.6) is 11.5 Å². The third-order valence-corrected chi connectivity index (χ3v) is 5.64. The molecule has 2 aromatic carbocycles. The van der Waals surface area contributed by atoms with Crippen molar-refractivity contribution in [2.75, 3.05) is 6.61 Å². The summed E-state index contributed by atoms with van der Waals surface area (Å²) in [6.07, 6.45) is 6.74. The van der Waals surface area contributed by atoms with Crippen molar-refractivity contribution in [3.63, 3.8) is 0 Å². The average molecular weight is 390 g/mol. The Balaban J connectivity index is 2.07. The lowest BCUT2D eigenvalue weighted by Crippen LogP contribution is -2.13. The number of rotatable bonds is 13. The standard InChI is InChI=1S/C22H31O4P/c1-3-5-8-14-20(13-4-2)19-24-27(23,25-21-15-9-6-10-16-21)26-22-17-11-7-12-18-22/h6-7,9-12,15-18,20H,3-5,8,13-14,19H2,1-2H3. The maximum Gasteiger partial charge on any atom is 0.587 e. The Bertz CT molecular complexity index is 630. The number of hydrogen-bond donors (Lipinski definition) is 0. The van der Waals surface area contributed by atoms with Crippen molar-refractivity contribution >= 4 is 7.82 Å². The average Bonchev–Trinajstić information content (AvgIpc) is 2.68. The van der Waals surface area contributed by atoms with Gasteiger partial charge in [-0.15, -0.1) is 0 Å². The van der Waals surface area contributed by atoms with Gasteiger partial charge in [-0.05, 0) is 43.0 Å². The molecule has 0 aliphatic carbocycles. The molecule has 5 heteroatoms. The first-order chi connectivity index (χ1) is 13.1. The molecule has 0 N–H and O–H groups in total. The molecule has 0 aliphatic rings. The summed E-state index contributed by atoms with van der Waals surface area (Å²) >= 11 is 0. The second-order valence-electron chi connectivity index (χ2n) is 6.70. The van der Waals surface area contributed by atoms with Crippen LogP contribution in [0, 0.1) is 5.92 Å². The number of para-hydroxylation sites is 2. The SMILES string of the molecule is CCCCCC(CCC)COP(=O)(Oc1ccccc1)Oc1ccccc1. The maximum absolute atomic E-state index is 13.3. The van der Waals surface area contributed by atoms with Gasteiger partial charge in [-0.2, -0.15) is 0 Å². The maximum atomic E-state index is 13.3. The lowest BCUT2D eigenvalue weighted by atomic mass is 9.98. The zero-order valence-corrected chi connectivity index (χ0v) is 17.3. The zero-order valence-electron chi connectivity index (χ0n) is 16.4. The van der Waals surface area contributed by atoms with E-state index < -0.39 is 7.82 Å². The molecule has 0 bridgehead atoms. The summed E-state index contributed by atoms with van der Waals surface area (Å²) in [5, 5.41) is 0. The van der Waals surface area contributed by atoms with Gasteiger partial charge in [0, 0.05) is 0 Å². The van der Waals surface area contributed by atoms with E-state index in [-0.39, 0.29) is 0 Å². The molecule has 0 radical (unpaired) electrons. The molecule has 148 valence electrons. The Morgan fingerprint density at radius 1 is 0.778 bits per heavy atom. The highest BCUT2D eigenvalue weighted by molar-refractivity contribution is 7.49. The van der Waals surface area contributed by atoms with Crippen molar-refractivity contribution in [3.8, 4) is 11.5 Å². The molecule has 1 unspecified atom stereocenters. The molecule has 1 atom stereocenters. The van der Waals surface area contributed by atoms with Crippen LogP contribution in [-0.2, 0) is 9.09 Å². The number of benzene rings is 2. The fourth-order valence-corrected chi connectivity index (χ4v) is 4.19. The summed E-state index contributed by atoms with van der Waals surface area (Å²) in [6.45, 7) is 4.72. The molecule has 4 nitrogen and oxygen atoms in total. The van der Waals surface area contributed by atoms with Crippen LogP contribution in [0.4, 0.5) is 0 Å². The summed E-state index contributed by atoms with van der Waals surface area (Å²) in [7, 11) is -3.78. The van der Waals surface area contributed by atoms with Crippen molar-refractivity contribution < 1.29 is 18.1 Å². The van der Waals surface area contributed by atoms with Crippen LogP contribution in [0.3, 0.4) is 0 Å². The van der Waals surface area contributed by atoms with Crippen LogP contribution in [0.1, 0.15) is 52.4 Å². The predicted octanol–water partition coefficient (Wildman–Crippen LogP) is 7.27. The normalized spacial score (nSPS) is 12.5. The Labute approximate surface area is 163 Å². The summed E-state index contributed by atoms with van der Waals surface area (Å²) in [4.78, 5) is 0. The van der Waals surface area contributed by atoms with Crippen LogP contribution in [0.15, 0.2) is 60.7 Å². The number of phosphoric acid groups is 1. The highest BCUT2D eigenvalue weighted by Crippen LogP contribution is 2.50. The molecule has 0 saturated carbocycles. The van der Waals surface area contributed by atoms with Crippen molar-refractivity contribution in [2.24, 2.45) is 5.92 Å². The second-order valence-corrected chi connectivity index (χ2v) is 8.22. The Kier molecular flexibility index (Phi) is 9.44. The van der Waals surface area contributed by atoms with E-state index >= 15 is 0 Å². The minimum Gasteiger partial charge on any atom is -0.395 e. The first kappa shape index (κ1) is 21.5. The molecule has 0 heterocycles. The first-order valence-electron chi connectivity index (χ1n) is 9.89. The molecule has 0 aromatic heterocycles. The Hall–Kier alpha value is -1.77. The molecule has 0 spiro atoms. The third kappa shape index (κ3) is 8.19. The molecule has 0 fully saturated rings. The van der Waals surface area contributed by atoms with Gasteiger partial charge in [0.2, 0.25) is 0 Å². The third-order valence-electron chi connectivity index (χ3n) is 4.30. The van der Waals surface area contributed by atoms with E-state index in [1.54, 1.807) is 24.3 Å². The van der Waals surface area contributed by atoms with Gasteiger partial charge < -0.3 is 9.05 Å². The van der Waals surface area contributed by atoms with E-state index in [2.05, 4.69) is 13.8 Å². The Morgan fingerprint density at radius 3 is 1.81 bits per heavy atom. The summed E-state index contributed by atoms with van der Waals surface area (Å²) in [6, 6.07) is 18.0. The molecule has 0 saturated heterocycles. The predicted molar refractivity (Wildman–Crippen MR) is 110 cm³/mol. The molecule has 0 amide bonds. The number of unbranched alkanes of at least 4 members (excludes halogenated alkanes) is 2. The van der Waals surface area contributed by atoms with E-state index in [4.69, 9.17) is 13.6 Å². The second kappa shape index (κ2) is 11.8. The summed E-state index contributed by atoms with van der Waals surface area (Å²) in [5.41, 5.74) is 0. The quantitative estimate of drug-likeness (QED) is 0.266. The van der Waals surface area contributed by atoms with Crippen LogP contribution in [0.2, 0.25) is 0 Å². The van der Waals surface area contributed by atoms with Crippen LogP contribution in [-0.4, -0.2) is 6.61 Å². The lowest BCUT2D eigenvalue weighted by Gasteiger charge is -2.22. The van der Waals surface area contributed by atoms with Gasteiger partial charge in [-0.25, -0.2) is 4.57 Å². The minimum absolute atomic E-state index is 0.355. The van der Waals surface area contributed by atoms with Crippen LogP contribution < -0.4 is 9.05 Å². The van der Waals surface area contributed by atoms with Crippen LogP contribution in [0.25, 0.3) is 0 Å². The molecule has 2 rings (SSSR count). The van der Waals surface area contributed by atoms with Gasteiger partial charge in [0.15, 0.2) is 0 Å². The van der Waals surface area contributed by atoms with Gasteiger partial charge in [0.1, 0.15) is 11.5 Å². The van der Waals surface area contributed by atoms with Gasteiger partial charge in [-0.3, -0.25) is 4.52 Å². The lowest BCUT2D eigenvalue weighted by molar-refractivity contribution is 0.167. The minimum atomic E-state index is -3.78. The van der Waals surface area contributed by atoms with E-state index in [0.29, 0.717) is 24.0 Å². The van der Waals surface area contributed by atoms with E-state index in [1.165, 1.54) is 12.8 Å². The van der Waals surface area contributed by atoms with E-state index in [9.17, 15) is 4.57 Å². The summed E-state index contributed by atoms with van der Waals surface area (Å²) < 4.78 is 30.5. The fourth-order valence-electron chi connectivity index (χ4n) is 2.89. The monoisotopic (exact) mass is 390 g/mol. The van der Waals surface area contributed by atoms with Crippen LogP contribution >= 0.6 is 7.82 Å². The highest BCUT2D eigenvalue weighted by Gasteiger charge is 2.32. The van der Waals surface area contributed by atoms with Crippen molar-refractivity contribution in [1.82, 2.24) is 0 Å². The fraction of sp³-hybridized carbons (Fsp3) is 0.455. The molecule has 2 aromatic rings. The molecule has 27 heavy (non-hydrogen) atoms. The smallest absolute Gasteiger partial charge is 0.395 e. The first-order valence-corrected chi connectivity index (χ1v) is 11.3. The topological polar surface area (TPSA) is 44.8 Å². The highest BCUT2D eigenvalue weighted by atomic mass is 31.2.